The molecule has 0 saturated carbocycles. The Labute approximate surface area is 103 Å². The first-order chi connectivity index (χ1) is 7.21. The fourth-order valence-electron chi connectivity index (χ4n) is 1.53. The van der Waals surface area contributed by atoms with E-state index in [4.69, 9.17) is 5.11 Å². The van der Waals surface area contributed by atoms with Gasteiger partial charge in [0.2, 0.25) is 0 Å². The molecule has 0 unspecified atom stereocenters. The van der Waals surface area contributed by atoms with Gasteiger partial charge < -0.3 is 10.2 Å². The molecule has 0 aliphatic carbocycles. The van der Waals surface area contributed by atoms with Crippen molar-refractivity contribution in [3.05, 3.63) is 27.7 Å². The van der Waals surface area contributed by atoms with Crippen LogP contribution in [0.5, 0.6) is 5.75 Å². The monoisotopic (exact) mass is 286 g/mol. The van der Waals surface area contributed by atoms with Crippen LogP contribution in [-0.2, 0) is 16.6 Å². The van der Waals surface area contributed by atoms with E-state index in [9.17, 15) is 9.90 Å². The molecule has 0 aliphatic rings. The topological polar surface area (TPSA) is 57.5 Å². The number of phenolic OH excluding ortho intramolecular Hbond substituents is 1. The van der Waals surface area contributed by atoms with Gasteiger partial charge in [-0.2, -0.15) is 0 Å². The molecular formula is C12H15BrO3. The van der Waals surface area contributed by atoms with Gasteiger partial charge in [0.05, 0.1) is 6.42 Å². The van der Waals surface area contributed by atoms with Gasteiger partial charge in [0.25, 0.3) is 0 Å². The second-order valence-corrected chi connectivity index (χ2v) is 5.70. The van der Waals surface area contributed by atoms with E-state index in [1.54, 1.807) is 6.07 Å². The standard InChI is InChI=1S/C12H15BrO3/c1-12(2,3)9-6-8(13)4-7(11(9)16)5-10(14)15/h4,6,16H,5H2,1-3H3,(H,14,15). The first kappa shape index (κ1) is 13.0. The molecule has 0 aliphatic heterocycles. The fraction of sp³-hybridized carbons (Fsp3) is 0.417. The summed E-state index contributed by atoms with van der Waals surface area (Å²) in [6.45, 7) is 5.91. The Morgan fingerprint density at radius 2 is 1.94 bits per heavy atom. The van der Waals surface area contributed by atoms with Crippen LogP contribution in [0.15, 0.2) is 16.6 Å². The molecule has 0 heterocycles. The Bertz CT molecular complexity index is 419. The van der Waals surface area contributed by atoms with Gasteiger partial charge in [-0.1, -0.05) is 36.7 Å². The average Bonchev–Trinajstić information content (AvgIpc) is 2.07. The van der Waals surface area contributed by atoms with Crippen LogP contribution in [0.3, 0.4) is 0 Å². The quantitative estimate of drug-likeness (QED) is 0.878. The van der Waals surface area contributed by atoms with E-state index in [0.717, 1.165) is 10.0 Å². The molecule has 0 radical (unpaired) electrons. The number of rotatable bonds is 2. The minimum absolute atomic E-state index is 0.0816. The summed E-state index contributed by atoms with van der Waals surface area (Å²) >= 11 is 3.33. The number of phenols is 1. The molecule has 0 bridgehead atoms. The Balaban J connectivity index is 3.32. The van der Waals surface area contributed by atoms with E-state index >= 15 is 0 Å². The zero-order chi connectivity index (χ0) is 12.5. The van der Waals surface area contributed by atoms with E-state index in [1.165, 1.54) is 0 Å². The lowest BCUT2D eigenvalue weighted by Crippen LogP contribution is -2.13. The molecule has 1 rings (SSSR count). The lowest BCUT2D eigenvalue weighted by molar-refractivity contribution is -0.136. The lowest BCUT2D eigenvalue weighted by atomic mass is 9.85. The van der Waals surface area contributed by atoms with Crippen LogP contribution in [-0.4, -0.2) is 16.2 Å². The largest absolute Gasteiger partial charge is 0.507 e. The van der Waals surface area contributed by atoms with Crippen LogP contribution in [0.1, 0.15) is 31.9 Å². The third-order valence-electron chi connectivity index (χ3n) is 2.30. The Kier molecular flexibility index (Phi) is 3.63. The van der Waals surface area contributed by atoms with Crippen molar-refractivity contribution in [1.29, 1.82) is 0 Å². The van der Waals surface area contributed by atoms with Crippen molar-refractivity contribution in [2.45, 2.75) is 32.6 Å². The van der Waals surface area contributed by atoms with Crippen LogP contribution in [0.4, 0.5) is 0 Å². The zero-order valence-corrected chi connectivity index (χ0v) is 11.1. The number of carbonyl (C=O) groups is 1. The van der Waals surface area contributed by atoms with Gasteiger partial charge in [-0.05, 0) is 17.5 Å². The molecule has 2 N–H and O–H groups in total. The highest BCUT2D eigenvalue weighted by molar-refractivity contribution is 9.10. The highest BCUT2D eigenvalue weighted by Crippen LogP contribution is 2.36. The minimum atomic E-state index is -0.951. The molecule has 0 spiro atoms. The van der Waals surface area contributed by atoms with Crippen molar-refractivity contribution in [2.24, 2.45) is 0 Å². The molecule has 16 heavy (non-hydrogen) atoms. The first-order valence-corrected chi connectivity index (χ1v) is 5.75. The molecule has 0 saturated heterocycles. The van der Waals surface area contributed by atoms with E-state index in [0.29, 0.717) is 5.56 Å². The maximum Gasteiger partial charge on any atom is 0.307 e. The number of benzene rings is 1. The van der Waals surface area contributed by atoms with Crippen molar-refractivity contribution in [1.82, 2.24) is 0 Å². The van der Waals surface area contributed by atoms with Crippen molar-refractivity contribution in [3.8, 4) is 5.75 Å². The summed E-state index contributed by atoms with van der Waals surface area (Å²) in [4.78, 5) is 10.7. The summed E-state index contributed by atoms with van der Waals surface area (Å²) in [6.07, 6.45) is -0.172. The lowest BCUT2D eigenvalue weighted by Gasteiger charge is -2.22. The van der Waals surface area contributed by atoms with Crippen LogP contribution in [0, 0.1) is 0 Å². The van der Waals surface area contributed by atoms with E-state index in [1.807, 2.05) is 26.8 Å². The molecule has 0 aromatic heterocycles. The van der Waals surface area contributed by atoms with E-state index in [-0.39, 0.29) is 17.6 Å². The smallest absolute Gasteiger partial charge is 0.307 e. The van der Waals surface area contributed by atoms with Crippen molar-refractivity contribution >= 4 is 21.9 Å². The van der Waals surface area contributed by atoms with Gasteiger partial charge in [-0.25, -0.2) is 0 Å². The SMILES string of the molecule is CC(C)(C)c1cc(Br)cc(CC(=O)O)c1O. The Hall–Kier alpha value is -1.03. The van der Waals surface area contributed by atoms with Gasteiger partial charge >= 0.3 is 5.97 Å². The maximum atomic E-state index is 10.7. The molecular weight excluding hydrogens is 272 g/mol. The summed E-state index contributed by atoms with van der Waals surface area (Å²) < 4.78 is 0.784. The second kappa shape index (κ2) is 4.45. The highest BCUT2D eigenvalue weighted by atomic mass is 79.9. The van der Waals surface area contributed by atoms with Crippen molar-refractivity contribution in [3.63, 3.8) is 0 Å². The Morgan fingerprint density at radius 3 is 2.38 bits per heavy atom. The predicted molar refractivity (Wildman–Crippen MR) is 65.8 cm³/mol. The van der Waals surface area contributed by atoms with E-state index in [2.05, 4.69) is 15.9 Å². The van der Waals surface area contributed by atoms with Crippen molar-refractivity contribution < 1.29 is 15.0 Å². The van der Waals surface area contributed by atoms with Gasteiger partial charge in [0, 0.05) is 15.6 Å². The summed E-state index contributed by atoms with van der Waals surface area (Å²) in [7, 11) is 0. The van der Waals surface area contributed by atoms with Crippen LogP contribution >= 0.6 is 15.9 Å². The Morgan fingerprint density at radius 1 is 1.38 bits per heavy atom. The number of hydrogen-bond acceptors (Lipinski definition) is 2. The van der Waals surface area contributed by atoms with Gasteiger partial charge in [0.15, 0.2) is 0 Å². The van der Waals surface area contributed by atoms with Gasteiger partial charge in [0.1, 0.15) is 5.75 Å². The number of carboxylic acids is 1. The number of hydrogen-bond donors (Lipinski definition) is 2. The molecule has 88 valence electrons. The normalized spacial score (nSPS) is 11.5. The maximum absolute atomic E-state index is 10.7. The third-order valence-corrected chi connectivity index (χ3v) is 2.76. The van der Waals surface area contributed by atoms with Gasteiger partial charge in [-0.3, -0.25) is 4.79 Å². The number of halogens is 1. The van der Waals surface area contributed by atoms with Gasteiger partial charge in [-0.15, -0.1) is 0 Å². The fourth-order valence-corrected chi connectivity index (χ4v) is 2.03. The number of carboxylic acid groups (broad SMARTS) is 1. The van der Waals surface area contributed by atoms with Crippen molar-refractivity contribution in [2.75, 3.05) is 0 Å². The third kappa shape index (κ3) is 2.98. The number of aromatic hydroxyl groups is 1. The molecule has 3 nitrogen and oxygen atoms in total. The summed E-state index contributed by atoms with van der Waals surface area (Å²) in [5.41, 5.74) is 0.964. The zero-order valence-electron chi connectivity index (χ0n) is 9.54. The molecule has 0 atom stereocenters. The molecule has 1 aromatic rings. The molecule has 0 amide bonds. The summed E-state index contributed by atoms with van der Waals surface area (Å²) in [5.74, 6) is -0.869. The summed E-state index contributed by atoms with van der Waals surface area (Å²) in [5, 5.41) is 18.8. The highest BCUT2D eigenvalue weighted by Gasteiger charge is 2.21. The molecule has 4 heteroatoms. The van der Waals surface area contributed by atoms with E-state index < -0.39 is 5.97 Å². The molecule has 0 fully saturated rings. The minimum Gasteiger partial charge on any atom is -0.507 e. The number of aliphatic carboxylic acids is 1. The van der Waals surface area contributed by atoms with Crippen LogP contribution in [0.2, 0.25) is 0 Å². The van der Waals surface area contributed by atoms with Crippen LogP contribution in [0.25, 0.3) is 0 Å². The predicted octanol–water partition coefficient (Wildman–Crippen LogP) is 3.08. The second-order valence-electron chi connectivity index (χ2n) is 4.78. The summed E-state index contributed by atoms with van der Waals surface area (Å²) in [6, 6.07) is 3.46. The average molecular weight is 287 g/mol. The first-order valence-electron chi connectivity index (χ1n) is 4.95. The van der Waals surface area contributed by atoms with Crippen LogP contribution < -0.4 is 0 Å². The molecule has 1 aromatic carbocycles.